The van der Waals surface area contributed by atoms with E-state index in [0.29, 0.717) is 38.5 Å². The number of nitrogens with zero attached hydrogens (tertiary/aromatic N) is 2. The summed E-state index contributed by atoms with van der Waals surface area (Å²) in [5, 5.41) is 9.43. The number of amides is 1. The fourth-order valence-electron chi connectivity index (χ4n) is 4.78. The Hall–Kier alpha value is -3.59. The Bertz CT molecular complexity index is 1350. The maximum absolute atomic E-state index is 13.7. The number of anilines is 2. The van der Waals surface area contributed by atoms with E-state index in [0.717, 1.165) is 45.2 Å². The van der Waals surface area contributed by atoms with Crippen LogP contribution in [0.3, 0.4) is 0 Å². The van der Waals surface area contributed by atoms with Gasteiger partial charge in [0.1, 0.15) is 5.82 Å². The third-order valence-electron chi connectivity index (χ3n) is 6.99. The fraction of sp³-hybridized carbons (Fsp3) is 0.300. The van der Waals surface area contributed by atoms with E-state index in [4.69, 9.17) is 9.47 Å². The average Bonchev–Trinajstić information content (AvgIpc) is 3.40. The van der Waals surface area contributed by atoms with Crippen LogP contribution in [0, 0.1) is 6.92 Å². The number of hydrogen-bond donors (Lipinski definition) is 2. The first-order valence-corrected chi connectivity index (χ1v) is 13.7. The highest BCUT2D eigenvalue weighted by molar-refractivity contribution is 7.09. The summed E-state index contributed by atoms with van der Waals surface area (Å²) in [6, 6.07) is 20.5. The molecule has 0 saturated carbocycles. The molecule has 5 rings (SSSR count). The quantitative estimate of drug-likeness (QED) is 0.262. The van der Waals surface area contributed by atoms with Crippen LogP contribution in [-0.4, -0.2) is 49.4 Å². The van der Waals surface area contributed by atoms with Crippen LogP contribution in [0.5, 0.6) is 0 Å². The Kier molecular flexibility index (Phi) is 8.12. The smallest absolute Gasteiger partial charge is 0.236 e. The van der Waals surface area contributed by atoms with Gasteiger partial charge in [-0.15, -0.1) is 11.3 Å². The number of thiazole rings is 1. The summed E-state index contributed by atoms with van der Waals surface area (Å²) in [6.45, 7) is 4.50. The molecule has 0 bridgehead atoms. The Balaban J connectivity index is 1.32. The minimum absolute atomic E-state index is 0.0511. The molecule has 1 saturated heterocycles. The standard InChI is InChI=1S/C30H32N4O3S/c1-21-33-27(20-38-21)24-7-12-28(32-19-24)34-29(35)30(13-16-37-17-14-30)25-8-3-22(4-9-25)23-5-10-26(11-6-23)31-15-18-36-2/h3-12,19-20,31H,13-18H2,1-2H3,(H,32,34,35). The molecule has 0 unspecified atom stereocenters. The molecule has 0 radical (unpaired) electrons. The Labute approximate surface area is 227 Å². The largest absolute Gasteiger partial charge is 0.383 e. The van der Waals surface area contributed by atoms with Crippen LogP contribution in [-0.2, 0) is 19.7 Å². The van der Waals surface area contributed by atoms with Crippen molar-refractivity contribution in [2.24, 2.45) is 0 Å². The van der Waals surface area contributed by atoms with E-state index in [9.17, 15) is 4.79 Å². The Morgan fingerprint density at radius 3 is 2.29 bits per heavy atom. The molecule has 1 amide bonds. The molecule has 196 valence electrons. The minimum atomic E-state index is -0.668. The first kappa shape index (κ1) is 26.0. The number of hydrogen-bond acceptors (Lipinski definition) is 7. The number of carbonyl (C=O) groups excluding carboxylic acids is 1. The first-order valence-electron chi connectivity index (χ1n) is 12.8. The Morgan fingerprint density at radius 2 is 1.68 bits per heavy atom. The zero-order chi connectivity index (χ0) is 26.4. The predicted molar refractivity (Wildman–Crippen MR) is 153 cm³/mol. The summed E-state index contributed by atoms with van der Waals surface area (Å²) >= 11 is 1.61. The lowest BCUT2D eigenvalue weighted by atomic mass is 9.73. The van der Waals surface area contributed by atoms with Crippen molar-refractivity contribution >= 4 is 28.7 Å². The van der Waals surface area contributed by atoms with Crippen LogP contribution in [0.4, 0.5) is 11.5 Å². The molecule has 8 heteroatoms. The highest BCUT2D eigenvalue weighted by Gasteiger charge is 2.42. The van der Waals surface area contributed by atoms with Gasteiger partial charge in [0, 0.05) is 49.7 Å². The van der Waals surface area contributed by atoms with E-state index in [2.05, 4.69) is 69.1 Å². The second-order valence-electron chi connectivity index (χ2n) is 9.41. The van der Waals surface area contributed by atoms with Crippen LogP contribution >= 0.6 is 11.3 Å². The molecule has 0 atom stereocenters. The van der Waals surface area contributed by atoms with Crippen LogP contribution in [0.25, 0.3) is 22.4 Å². The second kappa shape index (κ2) is 11.9. The van der Waals surface area contributed by atoms with Crippen LogP contribution in [0.2, 0.25) is 0 Å². The highest BCUT2D eigenvalue weighted by Crippen LogP contribution is 2.37. The van der Waals surface area contributed by atoms with Crippen molar-refractivity contribution in [3.8, 4) is 22.4 Å². The number of nitrogens with one attached hydrogen (secondary N) is 2. The maximum atomic E-state index is 13.7. The van der Waals surface area contributed by atoms with Gasteiger partial charge in [-0.3, -0.25) is 4.79 Å². The molecule has 0 spiro atoms. The van der Waals surface area contributed by atoms with Gasteiger partial charge in [0.15, 0.2) is 0 Å². The maximum Gasteiger partial charge on any atom is 0.236 e. The van der Waals surface area contributed by atoms with Gasteiger partial charge in [0.05, 0.1) is 22.7 Å². The summed E-state index contributed by atoms with van der Waals surface area (Å²) in [4.78, 5) is 22.7. The number of aromatic nitrogens is 2. The van der Waals surface area contributed by atoms with Gasteiger partial charge in [-0.1, -0.05) is 36.4 Å². The van der Waals surface area contributed by atoms with E-state index in [1.54, 1.807) is 24.6 Å². The fourth-order valence-corrected chi connectivity index (χ4v) is 5.40. The van der Waals surface area contributed by atoms with Crippen LogP contribution in [0.1, 0.15) is 23.4 Å². The molecule has 7 nitrogen and oxygen atoms in total. The molecule has 2 aromatic heterocycles. The van der Waals surface area contributed by atoms with Crippen molar-refractivity contribution in [2.45, 2.75) is 25.2 Å². The van der Waals surface area contributed by atoms with E-state index >= 15 is 0 Å². The molecule has 1 aliphatic heterocycles. The summed E-state index contributed by atoms with van der Waals surface area (Å²) in [5.41, 5.74) is 5.45. The van der Waals surface area contributed by atoms with Gasteiger partial charge in [0.2, 0.25) is 5.91 Å². The monoisotopic (exact) mass is 528 g/mol. The normalized spacial score (nSPS) is 14.7. The van der Waals surface area contributed by atoms with Gasteiger partial charge < -0.3 is 20.1 Å². The van der Waals surface area contributed by atoms with Gasteiger partial charge in [-0.25, -0.2) is 9.97 Å². The van der Waals surface area contributed by atoms with Crippen molar-refractivity contribution in [1.29, 1.82) is 0 Å². The number of benzene rings is 2. The number of ether oxygens (including phenoxy) is 2. The third kappa shape index (κ3) is 5.78. The molecule has 2 N–H and O–H groups in total. The van der Waals surface area contributed by atoms with Gasteiger partial charge in [0.25, 0.3) is 0 Å². The third-order valence-corrected chi connectivity index (χ3v) is 7.77. The number of aryl methyl sites for hydroxylation is 1. The Morgan fingerprint density at radius 1 is 1.00 bits per heavy atom. The zero-order valence-corrected chi connectivity index (χ0v) is 22.5. The highest BCUT2D eigenvalue weighted by atomic mass is 32.1. The lowest BCUT2D eigenvalue weighted by Crippen LogP contribution is -2.45. The van der Waals surface area contributed by atoms with E-state index < -0.39 is 5.41 Å². The molecule has 1 aliphatic rings. The zero-order valence-electron chi connectivity index (χ0n) is 21.7. The first-order chi connectivity index (χ1) is 18.6. The molecule has 2 aromatic carbocycles. The molecule has 0 aliphatic carbocycles. The average molecular weight is 529 g/mol. The summed E-state index contributed by atoms with van der Waals surface area (Å²) in [7, 11) is 1.70. The van der Waals surface area contributed by atoms with Gasteiger partial charge in [-0.05, 0) is 60.7 Å². The van der Waals surface area contributed by atoms with E-state index in [-0.39, 0.29) is 5.91 Å². The predicted octanol–water partition coefficient (Wildman–Crippen LogP) is 5.93. The van der Waals surface area contributed by atoms with Crippen molar-refractivity contribution < 1.29 is 14.3 Å². The molecular formula is C30H32N4O3S. The van der Waals surface area contributed by atoms with Crippen molar-refractivity contribution in [3.63, 3.8) is 0 Å². The van der Waals surface area contributed by atoms with Crippen molar-refractivity contribution in [1.82, 2.24) is 9.97 Å². The van der Waals surface area contributed by atoms with Crippen molar-refractivity contribution in [3.05, 3.63) is 82.8 Å². The molecular weight excluding hydrogens is 496 g/mol. The molecule has 3 heterocycles. The number of rotatable bonds is 9. The van der Waals surface area contributed by atoms with E-state index in [1.165, 1.54) is 0 Å². The summed E-state index contributed by atoms with van der Waals surface area (Å²) in [5.74, 6) is 0.483. The topological polar surface area (TPSA) is 85.4 Å². The van der Waals surface area contributed by atoms with Crippen molar-refractivity contribution in [2.75, 3.05) is 44.1 Å². The molecule has 38 heavy (non-hydrogen) atoms. The lowest BCUT2D eigenvalue weighted by Gasteiger charge is -2.36. The molecule has 4 aromatic rings. The summed E-state index contributed by atoms with van der Waals surface area (Å²) in [6.07, 6.45) is 3.00. The van der Waals surface area contributed by atoms with E-state index in [1.807, 2.05) is 24.4 Å². The number of carbonyl (C=O) groups is 1. The SMILES string of the molecule is COCCNc1ccc(-c2ccc(C3(C(=O)Nc4ccc(-c5csc(C)n5)cn4)CCOCC3)cc2)cc1. The van der Waals surface area contributed by atoms with Gasteiger partial charge in [-0.2, -0.15) is 0 Å². The lowest BCUT2D eigenvalue weighted by molar-refractivity contribution is -0.125. The molecule has 1 fully saturated rings. The minimum Gasteiger partial charge on any atom is -0.383 e. The van der Waals surface area contributed by atoms with Crippen LogP contribution in [0.15, 0.2) is 72.2 Å². The second-order valence-corrected chi connectivity index (χ2v) is 10.5. The van der Waals surface area contributed by atoms with Gasteiger partial charge >= 0.3 is 0 Å². The van der Waals surface area contributed by atoms with Crippen LogP contribution < -0.4 is 10.6 Å². The number of methoxy groups -OCH3 is 1. The summed E-state index contributed by atoms with van der Waals surface area (Å²) < 4.78 is 10.7. The number of pyridine rings is 1.